The second kappa shape index (κ2) is 47.3. The Hall–Kier alpha value is -13.6. The number of hydrogen-bond acceptors (Lipinski definition) is 9. The molecule has 9 heterocycles. The van der Waals surface area contributed by atoms with Crippen LogP contribution >= 0.6 is 34.0 Å². The Morgan fingerprint density at radius 2 is 0.739 bits per heavy atom. The van der Waals surface area contributed by atoms with Gasteiger partial charge in [0.2, 0.25) is 0 Å². The van der Waals surface area contributed by atoms with Crippen molar-refractivity contribution in [3.63, 3.8) is 0 Å². The SMILES string of the molecule is Cc1ccc2c(c1C)CCC2.Cc1ccc2c(c1C)CCC2=O.Cc1ccc2c(c1C)c(C)c(C)n2C.Cc1ccc2c(ccn2C)c1C.Cc1ccc2c(ccn2C)c1C.Cc1ccc2ccccc2c1C.Cc1ccc2ccn(C)c2c1C.Cc1ccc2ccsc2c1C.Cc1ccc2ncccc2c1C.Cc1ccc2nccnc2c1C.Cc1ccc2ncsc2c1C.Cc1ccc2scnc2c1C. The summed E-state index contributed by atoms with van der Waals surface area (Å²) >= 11 is 5.24. The number of carbonyl (C=O) groups excluding carboxylic acids is 1. The van der Waals surface area contributed by atoms with E-state index in [9.17, 15) is 4.79 Å². The van der Waals surface area contributed by atoms with Crippen LogP contribution in [0.5, 0.6) is 0 Å². The summed E-state index contributed by atoms with van der Waals surface area (Å²) in [5.41, 5.74) is 55.5. The quantitative estimate of drug-likeness (QED) is 0.150. The zero-order chi connectivity index (χ0) is 102. The largest absolute Gasteiger partial charge is 0.351 e. The molecule has 0 unspecified atom stereocenters. The molecular weight excluding hydrogens is 1790 g/mol. The van der Waals surface area contributed by atoms with Crippen molar-refractivity contribution in [3.8, 4) is 0 Å². The Bertz CT molecular complexity index is 7830. The lowest BCUT2D eigenvalue weighted by Crippen LogP contribution is -1.93. The average molecular weight is 1930 g/mol. The second-order valence-electron chi connectivity index (χ2n) is 38.7. The molecule has 0 radical (unpaired) electrons. The fraction of sp³-hybridized carbons (Fsp3) is 0.271. The predicted molar refractivity (Wildman–Crippen MR) is 619 cm³/mol. The first-order valence-electron chi connectivity index (χ1n) is 49.6. The maximum atomic E-state index is 11.3. The van der Waals surface area contributed by atoms with Gasteiger partial charge in [0.25, 0.3) is 0 Å². The van der Waals surface area contributed by atoms with Crippen molar-refractivity contribution in [1.82, 2.24) is 43.2 Å². The molecule has 2 aliphatic rings. The first kappa shape index (κ1) is 106. The summed E-state index contributed by atoms with van der Waals surface area (Å²) in [5, 5.41) is 13.0. The van der Waals surface area contributed by atoms with Gasteiger partial charge in [-0.2, -0.15) is 0 Å². The highest BCUT2D eigenvalue weighted by atomic mass is 32.1. The molecule has 13 aromatic carbocycles. The molecule has 22 aromatic rings. The van der Waals surface area contributed by atoms with Crippen LogP contribution in [0.2, 0.25) is 0 Å². The number of nitrogens with zero attached hydrogens (tertiary/aromatic N) is 9. The van der Waals surface area contributed by atoms with E-state index in [-0.39, 0.29) is 0 Å². The normalized spacial score (nSPS) is 11.5. The first-order valence-corrected chi connectivity index (χ1v) is 52.2. The minimum absolute atomic E-state index is 0.313. The van der Waals surface area contributed by atoms with Crippen LogP contribution in [0.25, 0.3) is 107 Å². The smallest absolute Gasteiger partial charge is 0.163 e. The van der Waals surface area contributed by atoms with Gasteiger partial charge >= 0.3 is 0 Å². The highest BCUT2D eigenvalue weighted by molar-refractivity contribution is 7.17. The molecule has 142 heavy (non-hydrogen) atoms. The number of benzene rings is 13. The highest BCUT2D eigenvalue weighted by Crippen LogP contribution is 2.35. The molecule has 728 valence electrons. The van der Waals surface area contributed by atoms with E-state index in [0.717, 1.165) is 39.6 Å². The number of aryl methyl sites for hydroxylation is 28. The van der Waals surface area contributed by atoms with E-state index in [1.54, 1.807) is 46.2 Å². The summed E-state index contributed by atoms with van der Waals surface area (Å²) in [5.74, 6) is 0.313. The van der Waals surface area contributed by atoms with Gasteiger partial charge in [0.1, 0.15) is 0 Å². The van der Waals surface area contributed by atoms with Crippen molar-refractivity contribution >= 4 is 147 Å². The first-order chi connectivity index (χ1) is 67.8. The summed E-state index contributed by atoms with van der Waals surface area (Å²) < 4.78 is 12.8. The zero-order valence-electron chi connectivity index (χ0n) is 89.5. The predicted octanol–water partition coefficient (Wildman–Crippen LogP) is 34.9. The number of thiazole rings is 2. The van der Waals surface area contributed by atoms with Crippen molar-refractivity contribution < 1.29 is 4.79 Å². The minimum atomic E-state index is 0.313. The molecule has 0 N–H and O–H groups in total. The van der Waals surface area contributed by atoms with Gasteiger partial charge in [-0.1, -0.05) is 133 Å². The lowest BCUT2D eigenvalue weighted by Gasteiger charge is -2.06. The summed E-state index contributed by atoms with van der Waals surface area (Å²) in [4.78, 5) is 32.6. The van der Waals surface area contributed by atoms with E-state index in [1.165, 1.54) is 249 Å². The number of hydrogen-bond donors (Lipinski definition) is 0. The third kappa shape index (κ3) is 24.1. The lowest BCUT2D eigenvalue weighted by atomic mass is 10.00. The van der Waals surface area contributed by atoms with Crippen LogP contribution in [0.15, 0.2) is 260 Å². The Morgan fingerprint density at radius 3 is 1.39 bits per heavy atom. The number of thiophene rings is 1. The highest BCUT2D eigenvalue weighted by Gasteiger charge is 2.22. The van der Waals surface area contributed by atoms with E-state index >= 15 is 0 Å². The number of pyridine rings is 1. The van der Waals surface area contributed by atoms with Crippen molar-refractivity contribution in [2.45, 2.75) is 212 Å². The zero-order valence-corrected chi connectivity index (χ0v) is 92.0. The fourth-order valence-electron chi connectivity index (χ4n) is 18.7. The molecule has 13 heteroatoms. The molecule has 0 amide bonds. The Kier molecular flexibility index (Phi) is 35.3. The number of carbonyl (C=O) groups is 1. The summed E-state index contributed by atoms with van der Waals surface area (Å²) in [7, 11) is 8.39. The van der Waals surface area contributed by atoms with Gasteiger partial charge in [-0.15, -0.1) is 34.0 Å². The fourth-order valence-corrected chi connectivity index (χ4v) is 21.2. The van der Waals surface area contributed by atoms with Gasteiger partial charge in [0.05, 0.1) is 53.5 Å². The molecule has 0 aliphatic heterocycles. The van der Waals surface area contributed by atoms with Crippen molar-refractivity contribution in [2.24, 2.45) is 28.2 Å². The second-order valence-corrected chi connectivity index (χ2v) is 41.4. The Labute approximate surface area is 855 Å². The number of Topliss-reactive ketones (excluding diaryl/α,β-unsaturated/α-hetero) is 1. The van der Waals surface area contributed by atoms with Crippen LogP contribution in [0.1, 0.15) is 185 Å². The molecular formula is C129H143N9OS3. The summed E-state index contributed by atoms with van der Waals surface area (Å²) in [6, 6.07) is 72.8. The molecule has 0 fully saturated rings. The summed E-state index contributed by atoms with van der Waals surface area (Å²) in [6.45, 7) is 56.1. The molecule has 2 aliphatic carbocycles. The van der Waals surface area contributed by atoms with E-state index in [4.69, 9.17) is 0 Å². The van der Waals surface area contributed by atoms with Gasteiger partial charge in [0, 0.05) is 126 Å². The standard InChI is InChI=1S/C13H17N.C12H12.3C11H13N.C11H11N.C11H12O.C11H14.C10H10N2.C10H10S.2C9H9NS/c1-8-6-7-12-13(9(8)2)10(3)11(4)14(12)5;1-9-7-8-11-5-3-4-6-12(11)10(9)2;2*1-8-4-5-11-10(9(8)2)6-7-12(11)3;1-8-4-5-10-6-7-12(3)11(10)9(8)2;1-8-5-6-11-10(9(8)2)4-3-7-12-11;1-7-3-4-10-9(8(7)2)5-6-11(10)12;1-8-6-7-10-4-3-5-11(10)9(8)2;1-7-3-4-9-10(8(7)2)12-6-5-11-9;1-7-3-4-9-5-6-11-10(9)8(7)2;1-6-3-4-8-9(7(6)2)10-5-11-8;1-6-3-4-8-9(7(6)2)11-5-10-8/h6-7H,1-5H3;3-8H,1-2H3;3*4-7H,1-3H3;3-7H,1-2H3;3-4H,5-6H2,1-2H3;6-7H,3-5H2,1-2H3;3-6H,1-2H3;3-6H,1-2H3;2*3-5H,1-2H3. The van der Waals surface area contributed by atoms with Crippen LogP contribution in [0.3, 0.4) is 0 Å². The molecule has 0 saturated carbocycles. The third-order valence-corrected chi connectivity index (χ3v) is 32.8. The Balaban J connectivity index is 0.000000130. The van der Waals surface area contributed by atoms with Crippen molar-refractivity contribution in [2.75, 3.05) is 0 Å². The lowest BCUT2D eigenvalue weighted by molar-refractivity contribution is 0.0994. The van der Waals surface area contributed by atoms with Crippen LogP contribution in [0.4, 0.5) is 0 Å². The van der Waals surface area contributed by atoms with Gasteiger partial charge in [-0.25, -0.2) is 9.97 Å². The van der Waals surface area contributed by atoms with E-state index in [2.05, 4.69) is 457 Å². The van der Waals surface area contributed by atoms with Gasteiger partial charge in [-0.3, -0.25) is 19.7 Å². The molecule has 24 rings (SSSR count). The number of rotatable bonds is 0. The molecule has 10 nitrogen and oxygen atoms in total. The molecule has 9 aromatic heterocycles. The van der Waals surface area contributed by atoms with E-state index in [1.807, 2.05) is 52.8 Å². The maximum absolute atomic E-state index is 11.3. The van der Waals surface area contributed by atoms with Crippen molar-refractivity contribution in [1.29, 1.82) is 0 Å². The molecule has 0 spiro atoms. The number of ketones is 1. The van der Waals surface area contributed by atoms with Crippen LogP contribution in [0, 0.1) is 180 Å². The average Bonchev–Trinajstić information content (AvgIpc) is 1.62. The monoisotopic (exact) mass is 1930 g/mol. The van der Waals surface area contributed by atoms with E-state index in [0.29, 0.717) is 12.2 Å². The maximum Gasteiger partial charge on any atom is 0.163 e. The Morgan fingerprint density at radius 1 is 0.275 bits per heavy atom. The van der Waals surface area contributed by atoms with E-state index < -0.39 is 0 Å². The van der Waals surface area contributed by atoms with Crippen LogP contribution in [-0.2, 0) is 47.5 Å². The van der Waals surface area contributed by atoms with Crippen LogP contribution < -0.4 is 0 Å². The van der Waals surface area contributed by atoms with Gasteiger partial charge in [-0.05, 0) is 461 Å². The van der Waals surface area contributed by atoms with Crippen molar-refractivity contribution in [3.05, 3.63) is 427 Å². The topological polar surface area (TPSA) is 101 Å². The molecule has 0 bridgehead atoms. The molecule has 0 saturated heterocycles. The van der Waals surface area contributed by atoms with Gasteiger partial charge < -0.3 is 18.3 Å². The number of aromatic nitrogens is 9. The molecule has 0 atom stereocenters. The number of fused-ring (bicyclic) bond motifs is 12. The van der Waals surface area contributed by atoms with Crippen LogP contribution in [-0.4, -0.2) is 49.0 Å². The minimum Gasteiger partial charge on any atom is -0.351 e. The van der Waals surface area contributed by atoms with Gasteiger partial charge in [0.15, 0.2) is 5.78 Å². The third-order valence-electron chi connectivity index (χ3n) is 30.0. The summed E-state index contributed by atoms with van der Waals surface area (Å²) in [6.07, 6.45) is 17.2.